The molecule has 2 heteroatoms. The fraction of sp³-hybridized carbons (Fsp3) is 0.400. The van der Waals surface area contributed by atoms with Crippen LogP contribution in [0.5, 0.6) is 0 Å². The molecule has 0 aliphatic carbocycles. The maximum absolute atomic E-state index is 5.57. The minimum absolute atomic E-state index is 0. The normalized spacial score (nSPS) is 9.08. The quantitative estimate of drug-likeness (QED) is 0.393. The maximum Gasteiger partial charge on any atom is 0.316 e. The van der Waals surface area contributed by atoms with E-state index < -0.39 is 0 Å². The predicted octanol–water partition coefficient (Wildman–Crippen LogP) is 2.33. The topological polar surface area (TPSA) is 0 Å². The summed E-state index contributed by atoms with van der Waals surface area (Å²) in [5.74, 6) is 0.785. The highest BCUT2D eigenvalue weighted by Crippen LogP contribution is 2.04. The molecule has 0 fully saturated rings. The summed E-state index contributed by atoms with van der Waals surface area (Å²) >= 11 is 5.57. The van der Waals surface area contributed by atoms with E-state index in [-0.39, 0.29) is 23.1 Å². The zero-order valence-corrected chi connectivity index (χ0v) is 7.35. The Bertz CT molecular complexity index is 186. The number of aryl methyl sites for hydroxylation is 1. The van der Waals surface area contributed by atoms with E-state index in [0.29, 0.717) is 0 Å². The molecule has 0 bridgehead atoms. The van der Waals surface area contributed by atoms with Crippen molar-refractivity contribution in [2.75, 3.05) is 5.88 Å². The van der Waals surface area contributed by atoms with Gasteiger partial charge in [0.15, 0.2) is 0 Å². The van der Waals surface area contributed by atoms with Crippen molar-refractivity contribution < 1.29 is 0 Å². The molecular weight excluding hydrogens is 180 g/mol. The van der Waals surface area contributed by atoms with Crippen molar-refractivity contribution in [2.24, 2.45) is 0 Å². The van der Waals surface area contributed by atoms with Gasteiger partial charge >= 0.3 is 23.1 Å². The number of halogens is 1. The molecule has 1 aromatic carbocycles. The minimum atomic E-state index is 0. The number of unbranched alkanes of at least 4 members (excludes halogenated alkanes) is 1. The minimum Gasteiger partial charge on any atom is -0.127 e. The lowest BCUT2D eigenvalue weighted by atomic mass is 10.1. The Hall–Kier alpha value is 0.276. The van der Waals surface area contributed by atoms with Gasteiger partial charge in [0, 0.05) is 5.88 Å². The van der Waals surface area contributed by atoms with Gasteiger partial charge in [0.1, 0.15) is 0 Å². The van der Waals surface area contributed by atoms with Crippen molar-refractivity contribution in [3.8, 4) is 0 Å². The molecular formula is C10H15ClMg. The average Bonchev–Trinajstić information content (AvgIpc) is 2.07. The highest BCUT2D eigenvalue weighted by atomic mass is 35.5. The molecule has 0 atom stereocenters. The lowest BCUT2D eigenvalue weighted by molar-refractivity contribution is 0.800. The predicted molar refractivity (Wildman–Crippen MR) is 58.6 cm³/mol. The monoisotopic (exact) mass is 194 g/mol. The first-order chi connectivity index (χ1) is 5.43. The van der Waals surface area contributed by atoms with E-state index in [2.05, 4.69) is 24.3 Å². The second-order valence-corrected chi connectivity index (χ2v) is 3.01. The molecule has 0 saturated carbocycles. The second-order valence-electron chi connectivity index (χ2n) is 2.63. The van der Waals surface area contributed by atoms with Crippen molar-refractivity contribution in [2.45, 2.75) is 19.3 Å². The number of rotatable bonds is 4. The number of hydrogen-bond acceptors (Lipinski definition) is 0. The van der Waals surface area contributed by atoms with Gasteiger partial charge in [-0.2, -0.15) is 0 Å². The van der Waals surface area contributed by atoms with E-state index in [1.807, 2.05) is 6.07 Å². The van der Waals surface area contributed by atoms with Crippen LogP contribution in [0.3, 0.4) is 0 Å². The Morgan fingerprint density at radius 3 is 2.25 bits per heavy atom. The molecule has 1 rings (SSSR count). The van der Waals surface area contributed by atoms with Crippen LogP contribution in [-0.4, -0.2) is 28.9 Å². The average molecular weight is 195 g/mol. The molecule has 0 heterocycles. The smallest absolute Gasteiger partial charge is 0.127 e. The summed E-state index contributed by atoms with van der Waals surface area (Å²) in [7, 11) is 0. The molecule has 0 saturated heterocycles. The van der Waals surface area contributed by atoms with E-state index in [9.17, 15) is 0 Å². The SMILES string of the molecule is ClCCCCc1ccccc1.[MgH2]. The molecule has 0 nitrogen and oxygen atoms in total. The third-order valence-corrected chi connectivity index (χ3v) is 1.96. The standard InChI is InChI=1S/C10H13Cl.Mg.2H/c11-9-5-4-8-10-6-2-1-3-7-10;;;/h1-3,6-7H,4-5,8-9H2;;;. The van der Waals surface area contributed by atoms with Gasteiger partial charge < -0.3 is 0 Å². The Morgan fingerprint density at radius 1 is 1.00 bits per heavy atom. The summed E-state index contributed by atoms with van der Waals surface area (Å²) in [6, 6.07) is 10.5. The van der Waals surface area contributed by atoms with Gasteiger partial charge in [0.05, 0.1) is 0 Å². The first-order valence-electron chi connectivity index (χ1n) is 4.03. The first kappa shape index (κ1) is 12.3. The summed E-state index contributed by atoms with van der Waals surface area (Å²) in [6.45, 7) is 0. The molecule has 12 heavy (non-hydrogen) atoms. The van der Waals surface area contributed by atoms with E-state index >= 15 is 0 Å². The molecule has 0 N–H and O–H groups in total. The van der Waals surface area contributed by atoms with Crippen molar-refractivity contribution in [3.05, 3.63) is 35.9 Å². The number of alkyl halides is 1. The molecule has 0 radical (unpaired) electrons. The molecule has 1 aromatic rings. The summed E-state index contributed by atoms with van der Waals surface area (Å²) in [5.41, 5.74) is 1.41. The zero-order chi connectivity index (χ0) is 7.94. The Morgan fingerprint density at radius 2 is 1.67 bits per heavy atom. The van der Waals surface area contributed by atoms with Crippen molar-refractivity contribution >= 4 is 34.7 Å². The summed E-state index contributed by atoms with van der Waals surface area (Å²) < 4.78 is 0. The molecule has 0 spiro atoms. The summed E-state index contributed by atoms with van der Waals surface area (Å²) in [6.07, 6.45) is 3.48. The highest BCUT2D eigenvalue weighted by molar-refractivity contribution is 6.17. The van der Waals surface area contributed by atoms with Crippen LogP contribution in [0, 0.1) is 0 Å². The molecule has 64 valence electrons. The van der Waals surface area contributed by atoms with Crippen molar-refractivity contribution in [3.63, 3.8) is 0 Å². The van der Waals surface area contributed by atoms with Crippen LogP contribution in [0.15, 0.2) is 30.3 Å². The van der Waals surface area contributed by atoms with Gasteiger partial charge in [0.25, 0.3) is 0 Å². The van der Waals surface area contributed by atoms with Crippen LogP contribution < -0.4 is 0 Å². The summed E-state index contributed by atoms with van der Waals surface area (Å²) in [4.78, 5) is 0. The van der Waals surface area contributed by atoms with E-state index in [4.69, 9.17) is 11.6 Å². The third kappa shape index (κ3) is 5.02. The molecule has 0 aromatic heterocycles. The van der Waals surface area contributed by atoms with Crippen LogP contribution in [0.1, 0.15) is 18.4 Å². The molecule has 0 amide bonds. The molecule has 0 aliphatic rings. The molecule has 0 aliphatic heterocycles. The highest BCUT2D eigenvalue weighted by Gasteiger charge is 1.89. The molecule has 0 unspecified atom stereocenters. The van der Waals surface area contributed by atoms with Crippen LogP contribution in [0.4, 0.5) is 0 Å². The van der Waals surface area contributed by atoms with Crippen molar-refractivity contribution in [1.29, 1.82) is 0 Å². The number of benzene rings is 1. The Balaban J connectivity index is 0.00000121. The van der Waals surface area contributed by atoms with Gasteiger partial charge in [-0.1, -0.05) is 30.3 Å². The van der Waals surface area contributed by atoms with Crippen LogP contribution >= 0.6 is 11.6 Å². The van der Waals surface area contributed by atoms with Crippen molar-refractivity contribution in [1.82, 2.24) is 0 Å². The Labute approximate surface area is 95.5 Å². The maximum atomic E-state index is 5.57. The lowest BCUT2D eigenvalue weighted by Crippen LogP contribution is -1.84. The second kappa shape index (κ2) is 7.90. The van der Waals surface area contributed by atoms with E-state index in [1.165, 1.54) is 12.0 Å². The van der Waals surface area contributed by atoms with Crippen LogP contribution in [0.2, 0.25) is 0 Å². The fourth-order valence-corrected chi connectivity index (χ4v) is 1.26. The van der Waals surface area contributed by atoms with Gasteiger partial charge in [-0.05, 0) is 24.8 Å². The van der Waals surface area contributed by atoms with Crippen LogP contribution in [-0.2, 0) is 6.42 Å². The van der Waals surface area contributed by atoms with Gasteiger partial charge in [-0.15, -0.1) is 11.6 Å². The van der Waals surface area contributed by atoms with E-state index in [1.54, 1.807) is 0 Å². The zero-order valence-electron chi connectivity index (χ0n) is 6.59. The van der Waals surface area contributed by atoms with E-state index in [0.717, 1.165) is 18.7 Å². The lowest BCUT2D eigenvalue weighted by Gasteiger charge is -1.97. The van der Waals surface area contributed by atoms with Gasteiger partial charge in [-0.3, -0.25) is 0 Å². The van der Waals surface area contributed by atoms with Gasteiger partial charge in [-0.25, -0.2) is 0 Å². The third-order valence-electron chi connectivity index (χ3n) is 1.69. The van der Waals surface area contributed by atoms with Crippen LogP contribution in [0.25, 0.3) is 0 Å². The largest absolute Gasteiger partial charge is 0.316 e. The van der Waals surface area contributed by atoms with Gasteiger partial charge in [0.2, 0.25) is 0 Å². The summed E-state index contributed by atoms with van der Waals surface area (Å²) in [5, 5.41) is 0. The fourth-order valence-electron chi connectivity index (χ4n) is 1.07. The number of hydrogen-bond donors (Lipinski definition) is 0. The Kier molecular flexibility index (Phi) is 8.08. The first-order valence-corrected chi connectivity index (χ1v) is 4.57.